The maximum atomic E-state index is 13.6. The van der Waals surface area contributed by atoms with Gasteiger partial charge in [-0.05, 0) is 61.9 Å². The van der Waals surface area contributed by atoms with Gasteiger partial charge in [0, 0.05) is 0 Å². The second kappa shape index (κ2) is 7.90. The van der Waals surface area contributed by atoms with Crippen LogP contribution in [0.4, 0.5) is 11.4 Å². The van der Waals surface area contributed by atoms with Crippen molar-refractivity contribution in [1.82, 2.24) is 0 Å². The zero-order valence-electron chi connectivity index (χ0n) is 18.3. The standard InChI is InChI=1S/C25H22N2O6/c1-14-6-4-5-7-18(14)27-21(19-13-8-15(2)32-19)20-22(33-27)24(29)26(23(20)28)17-11-9-16(10-12-17)25(30)31-3/h4-13,20-22H,1-3H3/t20-,21-,22-/m0/s1. The smallest absolute Gasteiger partial charge is 0.337 e. The Morgan fingerprint density at radius 3 is 2.30 bits per heavy atom. The minimum atomic E-state index is -0.993. The Kier molecular flexibility index (Phi) is 5.02. The van der Waals surface area contributed by atoms with E-state index < -0.39 is 29.9 Å². The third-order valence-corrected chi connectivity index (χ3v) is 6.07. The summed E-state index contributed by atoms with van der Waals surface area (Å²) in [6, 6.07) is 16.8. The van der Waals surface area contributed by atoms with Crippen LogP contribution in [0.5, 0.6) is 0 Å². The first-order valence-corrected chi connectivity index (χ1v) is 10.5. The number of fused-ring (bicyclic) bond motifs is 1. The summed E-state index contributed by atoms with van der Waals surface area (Å²) < 4.78 is 10.6. The fraction of sp³-hybridized carbons (Fsp3) is 0.240. The van der Waals surface area contributed by atoms with Crippen molar-refractivity contribution in [1.29, 1.82) is 0 Å². The maximum Gasteiger partial charge on any atom is 0.337 e. The van der Waals surface area contributed by atoms with Crippen molar-refractivity contribution >= 4 is 29.2 Å². The minimum absolute atomic E-state index is 0.325. The average Bonchev–Trinajstić information content (AvgIpc) is 3.48. The molecule has 168 valence electrons. The first kappa shape index (κ1) is 21.0. The molecule has 2 aliphatic rings. The molecule has 0 spiro atoms. The van der Waals surface area contributed by atoms with Crippen molar-refractivity contribution < 1.29 is 28.4 Å². The molecule has 0 N–H and O–H groups in total. The van der Waals surface area contributed by atoms with Crippen LogP contribution in [0.15, 0.2) is 65.1 Å². The Morgan fingerprint density at radius 1 is 0.939 bits per heavy atom. The van der Waals surface area contributed by atoms with E-state index in [1.54, 1.807) is 17.2 Å². The van der Waals surface area contributed by atoms with Crippen molar-refractivity contribution in [2.24, 2.45) is 5.92 Å². The van der Waals surface area contributed by atoms with Crippen molar-refractivity contribution in [3.8, 4) is 0 Å². The van der Waals surface area contributed by atoms with Gasteiger partial charge in [0.15, 0.2) is 6.10 Å². The molecule has 2 aromatic carbocycles. The Morgan fingerprint density at radius 2 is 1.67 bits per heavy atom. The Labute approximate surface area is 190 Å². The summed E-state index contributed by atoms with van der Waals surface area (Å²) in [5.41, 5.74) is 2.40. The molecule has 5 rings (SSSR count). The quantitative estimate of drug-likeness (QED) is 0.446. The number of rotatable bonds is 4. The Hall–Kier alpha value is -3.91. The topological polar surface area (TPSA) is 89.3 Å². The van der Waals surface area contributed by atoms with Gasteiger partial charge in [-0.15, -0.1) is 0 Å². The average molecular weight is 446 g/mol. The number of hydroxylamine groups is 1. The van der Waals surface area contributed by atoms with Gasteiger partial charge in [0.05, 0.1) is 24.0 Å². The second-order valence-electron chi connectivity index (χ2n) is 8.11. The predicted octanol–water partition coefficient (Wildman–Crippen LogP) is 3.73. The van der Waals surface area contributed by atoms with Crippen LogP contribution >= 0.6 is 0 Å². The normalized spacial score (nSPS) is 22.1. The van der Waals surface area contributed by atoms with Gasteiger partial charge in [-0.1, -0.05) is 18.2 Å². The molecular weight excluding hydrogens is 424 g/mol. The highest BCUT2D eigenvalue weighted by molar-refractivity contribution is 6.24. The van der Waals surface area contributed by atoms with Crippen LogP contribution in [0, 0.1) is 19.8 Å². The van der Waals surface area contributed by atoms with Gasteiger partial charge in [-0.2, -0.15) is 0 Å². The summed E-state index contributed by atoms with van der Waals surface area (Å²) >= 11 is 0. The molecule has 1 aromatic heterocycles. The molecule has 3 aromatic rings. The molecule has 8 heteroatoms. The van der Waals surface area contributed by atoms with E-state index in [2.05, 4.69) is 0 Å². The number of ether oxygens (including phenoxy) is 1. The van der Waals surface area contributed by atoms with Crippen molar-refractivity contribution in [3.63, 3.8) is 0 Å². The van der Waals surface area contributed by atoms with E-state index in [0.29, 0.717) is 22.8 Å². The van der Waals surface area contributed by atoms with Crippen LogP contribution in [-0.2, 0) is 19.2 Å². The fourth-order valence-corrected chi connectivity index (χ4v) is 4.45. The van der Waals surface area contributed by atoms with E-state index >= 15 is 0 Å². The molecule has 33 heavy (non-hydrogen) atoms. The molecule has 2 aliphatic heterocycles. The van der Waals surface area contributed by atoms with Crippen LogP contribution in [0.3, 0.4) is 0 Å². The lowest BCUT2D eigenvalue weighted by atomic mass is 9.94. The number of amides is 2. The van der Waals surface area contributed by atoms with Gasteiger partial charge < -0.3 is 9.15 Å². The molecule has 2 fully saturated rings. The van der Waals surface area contributed by atoms with E-state index in [0.717, 1.165) is 16.2 Å². The number of esters is 1. The predicted molar refractivity (Wildman–Crippen MR) is 118 cm³/mol. The zero-order valence-corrected chi connectivity index (χ0v) is 18.3. The SMILES string of the molecule is COC(=O)c1ccc(N2C(=O)[C@@H]3[C@H](ON(c4ccccc4C)[C@H]3c3ccc(C)o3)C2=O)cc1. The number of aryl methyl sites for hydroxylation is 2. The van der Waals surface area contributed by atoms with Gasteiger partial charge in [0.1, 0.15) is 23.5 Å². The van der Waals surface area contributed by atoms with Gasteiger partial charge in [-0.3, -0.25) is 14.4 Å². The molecule has 0 radical (unpaired) electrons. The molecule has 0 bridgehead atoms. The largest absolute Gasteiger partial charge is 0.465 e. The highest BCUT2D eigenvalue weighted by Gasteiger charge is 2.61. The molecule has 3 atom stereocenters. The Balaban J connectivity index is 1.53. The number of carbonyl (C=O) groups excluding carboxylic acids is 3. The fourth-order valence-electron chi connectivity index (χ4n) is 4.45. The maximum absolute atomic E-state index is 13.6. The number of anilines is 2. The summed E-state index contributed by atoms with van der Waals surface area (Å²) in [7, 11) is 1.29. The summed E-state index contributed by atoms with van der Waals surface area (Å²) in [4.78, 5) is 45.9. The number of furan rings is 1. The van der Waals surface area contributed by atoms with E-state index in [9.17, 15) is 14.4 Å². The van der Waals surface area contributed by atoms with Crippen LogP contribution < -0.4 is 9.96 Å². The summed E-state index contributed by atoms with van der Waals surface area (Å²) in [6.45, 7) is 3.77. The van der Waals surface area contributed by atoms with E-state index in [-0.39, 0.29) is 5.91 Å². The van der Waals surface area contributed by atoms with E-state index in [1.807, 2.05) is 50.2 Å². The number of methoxy groups -OCH3 is 1. The second-order valence-corrected chi connectivity index (χ2v) is 8.11. The third kappa shape index (κ3) is 3.30. The summed E-state index contributed by atoms with van der Waals surface area (Å²) in [5.74, 6) is -0.880. The molecule has 8 nitrogen and oxygen atoms in total. The van der Waals surface area contributed by atoms with Crippen LogP contribution in [0.2, 0.25) is 0 Å². The summed E-state index contributed by atoms with van der Waals surface area (Å²) in [5, 5.41) is 1.62. The highest BCUT2D eigenvalue weighted by atomic mass is 16.7. The first-order valence-electron chi connectivity index (χ1n) is 10.5. The van der Waals surface area contributed by atoms with E-state index in [4.69, 9.17) is 14.0 Å². The number of para-hydroxylation sites is 1. The number of carbonyl (C=O) groups is 3. The Bertz CT molecular complexity index is 1250. The molecule has 3 heterocycles. The van der Waals surface area contributed by atoms with Crippen LogP contribution in [-0.4, -0.2) is 31.0 Å². The van der Waals surface area contributed by atoms with Crippen molar-refractivity contribution in [2.45, 2.75) is 26.0 Å². The lowest BCUT2D eigenvalue weighted by Gasteiger charge is -2.28. The molecule has 0 saturated carbocycles. The monoisotopic (exact) mass is 446 g/mol. The lowest BCUT2D eigenvalue weighted by molar-refractivity contribution is -0.126. The van der Waals surface area contributed by atoms with Gasteiger partial charge in [0.2, 0.25) is 5.91 Å². The van der Waals surface area contributed by atoms with Gasteiger partial charge in [-0.25, -0.2) is 14.8 Å². The first-order chi connectivity index (χ1) is 15.9. The van der Waals surface area contributed by atoms with Gasteiger partial charge >= 0.3 is 5.97 Å². The number of nitrogens with zero attached hydrogens (tertiary/aromatic N) is 2. The third-order valence-electron chi connectivity index (χ3n) is 6.07. The van der Waals surface area contributed by atoms with Crippen molar-refractivity contribution in [2.75, 3.05) is 17.1 Å². The zero-order chi connectivity index (χ0) is 23.3. The number of benzene rings is 2. The van der Waals surface area contributed by atoms with Crippen molar-refractivity contribution in [3.05, 3.63) is 83.3 Å². The van der Waals surface area contributed by atoms with E-state index in [1.165, 1.54) is 19.2 Å². The molecule has 2 amide bonds. The van der Waals surface area contributed by atoms with Crippen LogP contribution in [0.1, 0.15) is 33.5 Å². The minimum Gasteiger partial charge on any atom is -0.465 e. The number of imide groups is 1. The molecule has 0 unspecified atom stereocenters. The molecule has 0 aliphatic carbocycles. The molecular formula is C25H22N2O6. The molecule has 2 saturated heterocycles. The number of hydrogen-bond donors (Lipinski definition) is 0. The van der Waals surface area contributed by atoms with Crippen LogP contribution in [0.25, 0.3) is 0 Å². The number of hydrogen-bond acceptors (Lipinski definition) is 7. The lowest BCUT2D eigenvalue weighted by Crippen LogP contribution is -2.37. The van der Waals surface area contributed by atoms with Gasteiger partial charge in [0.25, 0.3) is 5.91 Å². The summed E-state index contributed by atoms with van der Waals surface area (Å²) in [6.07, 6.45) is -0.993. The highest BCUT2D eigenvalue weighted by Crippen LogP contribution is 2.48.